The van der Waals surface area contributed by atoms with Crippen molar-refractivity contribution in [1.29, 1.82) is 0 Å². The minimum atomic E-state index is -0.339. The molecule has 4 aromatic rings. The Morgan fingerprint density at radius 2 is 1.90 bits per heavy atom. The van der Waals surface area contributed by atoms with Crippen LogP contribution >= 0.6 is 46.4 Å². The van der Waals surface area contributed by atoms with Crippen LogP contribution in [0.4, 0.5) is 5.69 Å². The van der Waals surface area contributed by atoms with Gasteiger partial charge in [-0.05, 0) is 89.4 Å². The highest BCUT2D eigenvalue weighted by Crippen LogP contribution is 2.27. The zero-order chi connectivity index (χ0) is 20.4. The Morgan fingerprint density at radius 1 is 1.07 bits per heavy atom. The van der Waals surface area contributed by atoms with E-state index in [-0.39, 0.29) is 11.0 Å². The van der Waals surface area contributed by atoms with E-state index in [1.54, 1.807) is 24.3 Å². The maximum absolute atomic E-state index is 12.3. The van der Waals surface area contributed by atoms with Crippen LogP contribution in [-0.2, 0) is 0 Å². The molecule has 0 bridgehead atoms. The Morgan fingerprint density at radius 3 is 2.69 bits per heavy atom. The van der Waals surface area contributed by atoms with Crippen LogP contribution in [0.5, 0.6) is 0 Å². The Kier molecular flexibility index (Phi) is 5.79. The maximum Gasteiger partial charge on any atom is 0.257 e. The number of carbonyl (C=O) groups excluding carboxylic acids is 1. The fourth-order valence-electron chi connectivity index (χ4n) is 2.72. The molecule has 4 rings (SSSR count). The molecule has 1 aromatic heterocycles. The molecule has 0 aliphatic heterocycles. The van der Waals surface area contributed by atoms with Gasteiger partial charge in [-0.2, -0.15) is 0 Å². The van der Waals surface area contributed by atoms with Gasteiger partial charge in [-0.1, -0.05) is 23.7 Å². The second-order valence-corrected chi connectivity index (χ2v) is 8.22. The van der Waals surface area contributed by atoms with Gasteiger partial charge in [0.1, 0.15) is 5.52 Å². The van der Waals surface area contributed by atoms with E-state index < -0.39 is 0 Å². The Bertz CT molecular complexity index is 1240. The number of benzene rings is 3. The summed E-state index contributed by atoms with van der Waals surface area (Å²) in [4.78, 5) is 16.8. The number of amides is 1. The van der Waals surface area contributed by atoms with Gasteiger partial charge in [0.15, 0.2) is 10.7 Å². The van der Waals surface area contributed by atoms with Crippen LogP contribution in [0, 0.1) is 3.57 Å². The van der Waals surface area contributed by atoms with Crippen molar-refractivity contribution in [2.75, 3.05) is 5.32 Å². The molecule has 29 heavy (non-hydrogen) atoms. The molecular formula is C21H13ClIN3O2S. The molecule has 0 fully saturated rings. The summed E-state index contributed by atoms with van der Waals surface area (Å²) in [7, 11) is 0. The van der Waals surface area contributed by atoms with E-state index in [4.69, 9.17) is 28.2 Å². The van der Waals surface area contributed by atoms with Gasteiger partial charge >= 0.3 is 0 Å². The average Bonchev–Trinajstić information content (AvgIpc) is 3.11. The number of nitrogens with zero attached hydrogens (tertiary/aromatic N) is 1. The highest BCUT2D eigenvalue weighted by Gasteiger charge is 2.11. The van der Waals surface area contributed by atoms with Crippen LogP contribution in [0.15, 0.2) is 71.1 Å². The van der Waals surface area contributed by atoms with Crippen molar-refractivity contribution in [2.45, 2.75) is 0 Å². The first-order valence-electron chi connectivity index (χ1n) is 8.52. The minimum Gasteiger partial charge on any atom is -0.436 e. The standard InChI is InChI=1S/C21H13ClIN3O2S/c22-14-5-1-3-12(9-14)19(27)26-21(29)24-16-7-8-18-17(11-16)25-20(28-18)13-4-2-6-15(23)10-13/h1-11H,(H2,24,26,27,29). The van der Waals surface area contributed by atoms with E-state index in [2.05, 4.69) is 38.2 Å². The van der Waals surface area contributed by atoms with Crippen molar-refractivity contribution >= 4 is 74.2 Å². The highest BCUT2D eigenvalue weighted by atomic mass is 127. The summed E-state index contributed by atoms with van der Waals surface area (Å²) < 4.78 is 6.95. The van der Waals surface area contributed by atoms with Crippen LogP contribution < -0.4 is 10.6 Å². The fourth-order valence-corrected chi connectivity index (χ4v) is 3.66. The van der Waals surface area contributed by atoms with Crippen LogP contribution in [0.3, 0.4) is 0 Å². The van der Waals surface area contributed by atoms with E-state index in [1.165, 1.54) is 0 Å². The number of aromatic nitrogens is 1. The van der Waals surface area contributed by atoms with E-state index in [9.17, 15) is 4.79 Å². The first-order valence-corrected chi connectivity index (χ1v) is 10.4. The number of rotatable bonds is 3. The molecule has 0 aliphatic carbocycles. The molecule has 1 amide bonds. The second kappa shape index (κ2) is 8.48. The van der Waals surface area contributed by atoms with Crippen molar-refractivity contribution < 1.29 is 9.21 Å². The van der Waals surface area contributed by atoms with Gasteiger partial charge in [0, 0.05) is 25.4 Å². The van der Waals surface area contributed by atoms with Crippen LogP contribution in [0.1, 0.15) is 10.4 Å². The lowest BCUT2D eigenvalue weighted by Crippen LogP contribution is -2.34. The summed E-state index contributed by atoms with van der Waals surface area (Å²) in [6.07, 6.45) is 0. The third-order valence-electron chi connectivity index (χ3n) is 4.03. The zero-order valence-electron chi connectivity index (χ0n) is 14.8. The van der Waals surface area contributed by atoms with Crippen molar-refractivity contribution in [2.24, 2.45) is 0 Å². The van der Waals surface area contributed by atoms with Crippen LogP contribution in [0.2, 0.25) is 5.02 Å². The first-order chi connectivity index (χ1) is 14.0. The number of fused-ring (bicyclic) bond motifs is 1. The van der Waals surface area contributed by atoms with Gasteiger partial charge in [-0.25, -0.2) is 4.98 Å². The van der Waals surface area contributed by atoms with Crippen LogP contribution in [-0.4, -0.2) is 16.0 Å². The summed E-state index contributed by atoms with van der Waals surface area (Å²) in [5.74, 6) is 0.209. The first kappa shape index (κ1) is 19.8. The van der Waals surface area contributed by atoms with E-state index in [0.29, 0.717) is 33.3 Å². The predicted octanol–water partition coefficient (Wildman–Crippen LogP) is 5.88. The lowest BCUT2D eigenvalue weighted by molar-refractivity contribution is 0.0977. The maximum atomic E-state index is 12.3. The number of thiocarbonyl (C=S) groups is 1. The van der Waals surface area contributed by atoms with E-state index >= 15 is 0 Å². The molecule has 5 nitrogen and oxygen atoms in total. The van der Waals surface area contributed by atoms with Gasteiger partial charge in [0.25, 0.3) is 5.91 Å². The summed E-state index contributed by atoms with van der Waals surface area (Å²) in [6, 6.07) is 20.0. The van der Waals surface area contributed by atoms with Gasteiger partial charge in [0.05, 0.1) is 0 Å². The Labute approximate surface area is 190 Å². The zero-order valence-corrected chi connectivity index (χ0v) is 18.5. The van der Waals surface area contributed by atoms with Crippen LogP contribution in [0.25, 0.3) is 22.6 Å². The summed E-state index contributed by atoms with van der Waals surface area (Å²) >= 11 is 13.4. The normalized spacial score (nSPS) is 10.7. The molecule has 0 radical (unpaired) electrons. The largest absolute Gasteiger partial charge is 0.436 e. The third kappa shape index (κ3) is 4.75. The Hall–Kier alpha value is -2.49. The molecule has 0 aliphatic rings. The molecule has 2 N–H and O–H groups in total. The number of hydrogen-bond acceptors (Lipinski definition) is 4. The molecule has 0 saturated heterocycles. The fraction of sp³-hybridized carbons (Fsp3) is 0. The third-order valence-corrected chi connectivity index (χ3v) is 5.14. The second-order valence-electron chi connectivity index (χ2n) is 6.13. The van der Waals surface area contributed by atoms with E-state index in [0.717, 1.165) is 9.13 Å². The monoisotopic (exact) mass is 533 g/mol. The molecule has 144 valence electrons. The lowest BCUT2D eigenvalue weighted by Gasteiger charge is -2.09. The molecule has 0 saturated carbocycles. The molecule has 0 unspecified atom stereocenters. The number of anilines is 1. The summed E-state index contributed by atoms with van der Waals surface area (Å²) in [6.45, 7) is 0. The van der Waals surface area contributed by atoms with Crippen molar-refractivity contribution in [3.05, 3.63) is 80.9 Å². The molecule has 3 aromatic carbocycles. The molecule has 0 spiro atoms. The Balaban J connectivity index is 1.49. The highest BCUT2D eigenvalue weighted by molar-refractivity contribution is 14.1. The smallest absolute Gasteiger partial charge is 0.257 e. The van der Waals surface area contributed by atoms with Crippen molar-refractivity contribution in [3.63, 3.8) is 0 Å². The van der Waals surface area contributed by atoms with Gasteiger partial charge in [-0.3, -0.25) is 10.1 Å². The van der Waals surface area contributed by atoms with E-state index in [1.807, 2.05) is 42.5 Å². The average molecular weight is 534 g/mol. The number of nitrogens with one attached hydrogen (secondary N) is 2. The quantitative estimate of drug-likeness (QED) is 0.254. The number of carbonyl (C=O) groups is 1. The van der Waals surface area contributed by atoms with Crippen molar-refractivity contribution in [1.82, 2.24) is 10.3 Å². The number of oxazole rings is 1. The topological polar surface area (TPSA) is 67.2 Å². The summed E-state index contributed by atoms with van der Waals surface area (Å²) in [5, 5.41) is 6.29. The SMILES string of the molecule is O=C(NC(=S)Nc1ccc2oc(-c3cccc(I)c3)nc2c1)c1cccc(Cl)c1. The minimum absolute atomic E-state index is 0.177. The van der Waals surface area contributed by atoms with Crippen molar-refractivity contribution in [3.8, 4) is 11.5 Å². The van der Waals surface area contributed by atoms with Gasteiger partial charge in [-0.15, -0.1) is 0 Å². The molecular weight excluding hydrogens is 521 g/mol. The van der Waals surface area contributed by atoms with Gasteiger partial charge < -0.3 is 9.73 Å². The molecule has 1 heterocycles. The lowest BCUT2D eigenvalue weighted by atomic mass is 10.2. The molecule has 0 atom stereocenters. The molecule has 8 heteroatoms. The number of hydrogen-bond donors (Lipinski definition) is 2. The summed E-state index contributed by atoms with van der Waals surface area (Å²) in [5.41, 5.74) is 3.38. The number of halogens is 2. The van der Waals surface area contributed by atoms with Gasteiger partial charge in [0.2, 0.25) is 5.89 Å². The predicted molar refractivity (Wildman–Crippen MR) is 127 cm³/mol.